The Morgan fingerprint density at radius 3 is 2.13 bits per heavy atom. The minimum absolute atomic E-state index is 0.939. The number of nitrogens with zero attached hydrogens (tertiary/aromatic N) is 2. The van der Waals surface area contributed by atoms with E-state index in [4.69, 9.17) is 4.99 Å². The van der Waals surface area contributed by atoms with E-state index in [0.29, 0.717) is 0 Å². The molecule has 0 bridgehead atoms. The van der Waals surface area contributed by atoms with Crippen LogP contribution in [0.4, 0.5) is 0 Å². The second-order valence-electron chi connectivity index (χ2n) is 11.4. The summed E-state index contributed by atoms with van der Waals surface area (Å²) in [7, 11) is 0. The molecular formula is C42H30N2S. The second-order valence-corrected chi connectivity index (χ2v) is 12.4. The summed E-state index contributed by atoms with van der Waals surface area (Å²) in [4.78, 5) is 4.76. The Bertz CT molecular complexity index is 2450. The van der Waals surface area contributed by atoms with Crippen LogP contribution in [0.25, 0.3) is 64.4 Å². The minimum Gasteiger partial charge on any atom is -0.309 e. The molecule has 0 saturated heterocycles. The van der Waals surface area contributed by atoms with Crippen molar-refractivity contribution < 1.29 is 0 Å². The molecule has 0 spiro atoms. The lowest BCUT2D eigenvalue weighted by molar-refractivity contribution is 1.18. The molecule has 0 radical (unpaired) electrons. The van der Waals surface area contributed by atoms with E-state index in [-0.39, 0.29) is 0 Å². The SMILES string of the molecule is C=C(/C=C\N=C(/C)c1cccc(-n2c3ccccc3c3cc(-c4ccc5sc6ccccc6c5c4)ccc32)c1)c1ccccc1. The van der Waals surface area contributed by atoms with Gasteiger partial charge in [-0.25, -0.2) is 0 Å². The van der Waals surface area contributed by atoms with Crippen molar-refractivity contribution in [3.63, 3.8) is 0 Å². The number of rotatable bonds is 6. The average Bonchev–Trinajstić information content (AvgIpc) is 3.63. The van der Waals surface area contributed by atoms with Gasteiger partial charge in [0.05, 0.1) is 11.0 Å². The number of hydrogen-bond donors (Lipinski definition) is 0. The molecule has 0 amide bonds. The smallest absolute Gasteiger partial charge is 0.0541 e. The number of hydrogen-bond acceptors (Lipinski definition) is 2. The summed E-state index contributed by atoms with van der Waals surface area (Å²) in [5.74, 6) is 0. The Hall–Kier alpha value is -5.51. The zero-order valence-electron chi connectivity index (χ0n) is 24.9. The first kappa shape index (κ1) is 27.1. The van der Waals surface area contributed by atoms with Gasteiger partial charge in [0.15, 0.2) is 0 Å². The number of benzene rings is 6. The molecule has 0 aliphatic rings. The normalized spacial score (nSPS) is 12.2. The molecule has 0 aliphatic carbocycles. The first-order chi connectivity index (χ1) is 22.1. The van der Waals surface area contributed by atoms with E-state index in [1.807, 2.05) is 41.8 Å². The lowest BCUT2D eigenvalue weighted by atomic mass is 10.0. The number of aliphatic imine (C=N–C) groups is 1. The fraction of sp³-hybridized carbons (Fsp3) is 0.0238. The maximum Gasteiger partial charge on any atom is 0.0541 e. The van der Waals surface area contributed by atoms with Crippen molar-refractivity contribution in [3.8, 4) is 16.8 Å². The van der Waals surface area contributed by atoms with E-state index in [0.717, 1.165) is 28.1 Å². The molecule has 45 heavy (non-hydrogen) atoms. The van der Waals surface area contributed by atoms with Gasteiger partial charge in [0.25, 0.3) is 0 Å². The zero-order valence-corrected chi connectivity index (χ0v) is 25.8. The summed E-state index contributed by atoms with van der Waals surface area (Å²) in [6.45, 7) is 6.25. The molecular weight excluding hydrogens is 565 g/mol. The highest BCUT2D eigenvalue weighted by atomic mass is 32.1. The van der Waals surface area contributed by atoms with E-state index in [2.05, 4.69) is 139 Å². The van der Waals surface area contributed by atoms with Crippen LogP contribution in [-0.2, 0) is 0 Å². The largest absolute Gasteiger partial charge is 0.309 e. The summed E-state index contributed by atoms with van der Waals surface area (Å²) in [5, 5.41) is 5.14. The second kappa shape index (κ2) is 11.2. The van der Waals surface area contributed by atoms with E-state index >= 15 is 0 Å². The molecule has 0 fully saturated rings. The monoisotopic (exact) mass is 594 g/mol. The maximum absolute atomic E-state index is 4.76. The maximum atomic E-state index is 4.76. The molecule has 0 saturated carbocycles. The summed E-state index contributed by atoms with van der Waals surface area (Å²) >= 11 is 1.86. The van der Waals surface area contributed by atoms with Crippen molar-refractivity contribution >= 4 is 64.6 Å². The topological polar surface area (TPSA) is 17.3 Å². The van der Waals surface area contributed by atoms with Crippen LogP contribution in [0.1, 0.15) is 18.1 Å². The van der Waals surface area contributed by atoms with E-state index in [1.54, 1.807) is 0 Å². The lowest BCUT2D eigenvalue weighted by Gasteiger charge is -2.10. The van der Waals surface area contributed by atoms with Gasteiger partial charge in [-0.3, -0.25) is 4.99 Å². The number of fused-ring (bicyclic) bond motifs is 6. The van der Waals surface area contributed by atoms with Crippen LogP contribution in [0.3, 0.4) is 0 Å². The Balaban J connectivity index is 1.18. The summed E-state index contributed by atoms with van der Waals surface area (Å²) < 4.78 is 5.03. The molecule has 214 valence electrons. The molecule has 6 aromatic carbocycles. The summed E-state index contributed by atoms with van der Waals surface area (Å²) in [6, 6.07) is 50.0. The van der Waals surface area contributed by atoms with E-state index < -0.39 is 0 Å². The number of thiophene rings is 1. The van der Waals surface area contributed by atoms with Crippen molar-refractivity contribution in [3.05, 3.63) is 170 Å². The third-order valence-corrected chi connectivity index (χ3v) is 9.75. The number of allylic oxidation sites excluding steroid dienone is 2. The van der Waals surface area contributed by atoms with Gasteiger partial charge in [-0.1, -0.05) is 97.6 Å². The van der Waals surface area contributed by atoms with Crippen LogP contribution < -0.4 is 0 Å². The molecule has 0 unspecified atom stereocenters. The van der Waals surface area contributed by atoms with Gasteiger partial charge in [-0.05, 0) is 89.4 Å². The fourth-order valence-corrected chi connectivity index (χ4v) is 7.35. The first-order valence-electron chi connectivity index (χ1n) is 15.1. The van der Waals surface area contributed by atoms with Gasteiger partial charge in [0, 0.05) is 48.5 Å². The van der Waals surface area contributed by atoms with Crippen LogP contribution in [-0.4, -0.2) is 10.3 Å². The molecule has 8 rings (SSSR count). The van der Waals surface area contributed by atoms with Crippen LogP contribution in [0, 0.1) is 0 Å². The predicted octanol–water partition coefficient (Wildman–Crippen LogP) is 11.9. The predicted molar refractivity (Wildman–Crippen MR) is 196 cm³/mol. The molecule has 0 atom stereocenters. The van der Waals surface area contributed by atoms with Gasteiger partial charge >= 0.3 is 0 Å². The fourth-order valence-electron chi connectivity index (χ4n) is 6.27. The Morgan fingerprint density at radius 2 is 1.27 bits per heavy atom. The van der Waals surface area contributed by atoms with Crippen LogP contribution in [0.15, 0.2) is 163 Å². The third-order valence-electron chi connectivity index (χ3n) is 8.59. The minimum atomic E-state index is 0.939. The van der Waals surface area contributed by atoms with Gasteiger partial charge in [-0.15, -0.1) is 11.3 Å². The Kier molecular flexibility index (Phi) is 6.74. The molecule has 2 aromatic heterocycles. The Morgan fingerprint density at radius 1 is 0.600 bits per heavy atom. The van der Waals surface area contributed by atoms with Crippen LogP contribution in [0.2, 0.25) is 0 Å². The lowest BCUT2D eigenvalue weighted by Crippen LogP contribution is -1.99. The number of para-hydroxylation sites is 1. The highest BCUT2D eigenvalue weighted by molar-refractivity contribution is 7.25. The van der Waals surface area contributed by atoms with E-state index in [9.17, 15) is 0 Å². The van der Waals surface area contributed by atoms with Crippen molar-refractivity contribution in [2.45, 2.75) is 6.92 Å². The molecule has 3 heteroatoms. The summed E-state index contributed by atoms with van der Waals surface area (Å²) in [6.07, 6.45) is 3.81. The first-order valence-corrected chi connectivity index (χ1v) is 16.0. The van der Waals surface area contributed by atoms with Crippen LogP contribution in [0.5, 0.6) is 0 Å². The standard InChI is InChI=1S/C42H30N2S/c1-28(30-11-4-3-5-12-30)23-24-43-29(2)31-13-10-14-34(25-31)44-39-17-8-6-15-35(39)37-26-32(19-21-40(37)44)33-20-22-42-38(27-33)36-16-7-9-18-41(36)45-42/h3-27H,1H2,2H3/b24-23-,43-29+. The zero-order chi connectivity index (χ0) is 30.3. The van der Waals surface area contributed by atoms with Gasteiger partial charge in [-0.2, -0.15) is 0 Å². The quantitative estimate of drug-likeness (QED) is 0.135. The molecule has 2 heterocycles. The third kappa shape index (κ3) is 4.88. The van der Waals surface area contributed by atoms with Gasteiger partial charge in [0.2, 0.25) is 0 Å². The van der Waals surface area contributed by atoms with Gasteiger partial charge < -0.3 is 4.57 Å². The molecule has 0 N–H and O–H groups in total. The average molecular weight is 595 g/mol. The molecule has 0 aliphatic heterocycles. The van der Waals surface area contributed by atoms with Crippen molar-refractivity contribution in [2.75, 3.05) is 0 Å². The number of aromatic nitrogens is 1. The van der Waals surface area contributed by atoms with Crippen LogP contribution >= 0.6 is 11.3 Å². The molecule has 2 nitrogen and oxygen atoms in total. The summed E-state index contributed by atoms with van der Waals surface area (Å²) in [5.41, 5.74) is 10.0. The highest BCUT2D eigenvalue weighted by Crippen LogP contribution is 2.38. The van der Waals surface area contributed by atoms with Crippen molar-refractivity contribution in [1.29, 1.82) is 0 Å². The van der Waals surface area contributed by atoms with Crippen molar-refractivity contribution in [1.82, 2.24) is 4.57 Å². The van der Waals surface area contributed by atoms with Gasteiger partial charge in [0.1, 0.15) is 0 Å². The molecule has 8 aromatic rings. The Labute approximate surface area is 266 Å². The van der Waals surface area contributed by atoms with Crippen molar-refractivity contribution in [2.24, 2.45) is 4.99 Å². The van der Waals surface area contributed by atoms with E-state index in [1.165, 1.54) is 53.1 Å². The highest BCUT2D eigenvalue weighted by Gasteiger charge is 2.14.